The SMILES string of the molecule is CCN(c1ccc(NC(=O)CN2C(=O)N[C@@]3(CCOc4ccccc43)C2=O)cc1)C(C)C. The van der Waals surface area contributed by atoms with E-state index in [1.165, 1.54) is 0 Å². The van der Waals surface area contributed by atoms with Gasteiger partial charge in [0.05, 0.1) is 6.61 Å². The zero-order valence-corrected chi connectivity index (χ0v) is 18.6. The molecule has 1 spiro atoms. The molecule has 1 saturated heterocycles. The topological polar surface area (TPSA) is 91.0 Å². The maximum Gasteiger partial charge on any atom is 0.325 e. The highest BCUT2D eigenvalue weighted by Crippen LogP contribution is 2.40. The van der Waals surface area contributed by atoms with Crippen molar-refractivity contribution in [3.63, 3.8) is 0 Å². The number of rotatable bonds is 6. The molecule has 2 aliphatic rings. The minimum Gasteiger partial charge on any atom is -0.493 e. The van der Waals surface area contributed by atoms with Gasteiger partial charge in [0, 0.05) is 35.9 Å². The van der Waals surface area contributed by atoms with Crippen molar-refractivity contribution in [2.45, 2.75) is 38.8 Å². The summed E-state index contributed by atoms with van der Waals surface area (Å²) >= 11 is 0. The molecule has 4 rings (SSSR count). The van der Waals surface area contributed by atoms with Crippen molar-refractivity contribution in [1.82, 2.24) is 10.2 Å². The van der Waals surface area contributed by atoms with Gasteiger partial charge in [-0.15, -0.1) is 0 Å². The highest BCUT2D eigenvalue weighted by atomic mass is 16.5. The first-order valence-corrected chi connectivity index (χ1v) is 10.9. The van der Waals surface area contributed by atoms with Gasteiger partial charge in [-0.3, -0.25) is 14.5 Å². The van der Waals surface area contributed by atoms with E-state index in [1.54, 1.807) is 18.2 Å². The number of amides is 4. The number of nitrogens with one attached hydrogen (secondary N) is 2. The van der Waals surface area contributed by atoms with Crippen LogP contribution in [-0.4, -0.2) is 48.5 Å². The molecule has 2 N–H and O–H groups in total. The van der Waals surface area contributed by atoms with Gasteiger partial charge in [0.25, 0.3) is 5.91 Å². The Kier molecular flexibility index (Phi) is 5.78. The number of hydrogen-bond acceptors (Lipinski definition) is 5. The van der Waals surface area contributed by atoms with Gasteiger partial charge in [0.15, 0.2) is 5.54 Å². The maximum atomic E-state index is 13.3. The summed E-state index contributed by atoms with van der Waals surface area (Å²) in [6.07, 6.45) is 0.317. The average Bonchev–Trinajstić information content (AvgIpc) is 3.00. The third-order valence-corrected chi connectivity index (χ3v) is 6.01. The van der Waals surface area contributed by atoms with Gasteiger partial charge in [-0.25, -0.2) is 4.79 Å². The van der Waals surface area contributed by atoms with E-state index in [2.05, 4.69) is 36.3 Å². The summed E-state index contributed by atoms with van der Waals surface area (Å²) < 4.78 is 5.63. The lowest BCUT2D eigenvalue weighted by molar-refractivity contribution is -0.135. The second-order valence-electron chi connectivity index (χ2n) is 8.30. The molecule has 168 valence electrons. The quantitative estimate of drug-likeness (QED) is 0.679. The number of anilines is 2. The van der Waals surface area contributed by atoms with E-state index in [0.29, 0.717) is 36.1 Å². The van der Waals surface area contributed by atoms with Crippen LogP contribution in [0.1, 0.15) is 32.8 Å². The number of nitrogens with zero attached hydrogens (tertiary/aromatic N) is 2. The number of hydrogen-bond donors (Lipinski definition) is 2. The highest BCUT2D eigenvalue weighted by Gasteiger charge is 2.55. The Balaban J connectivity index is 1.46. The number of ether oxygens (including phenoxy) is 1. The number of para-hydroxylation sites is 1. The zero-order chi connectivity index (χ0) is 22.9. The van der Waals surface area contributed by atoms with Crippen LogP contribution in [0.15, 0.2) is 48.5 Å². The standard InChI is InChI=1S/C24H28N4O4/c1-4-27(16(2)3)18-11-9-17(10-12-18)25-21(29)15-28-22(30)24(26-23(28)31)13-14-32-20-8-6-5-7-19(20)24/h5-12,16H,4,13-15H2,1-3H3,(H,25,29)(H,26,31)/t24-/m1/s1. The van der Waals surface area contributed by atoms with Gasteiger partial charge in [-0.05, 0) is 51.1 Å². The summed E-state index contributed by atoms with van der Waals surface area (Å²) in [6.45, 7) is 7.18. The van der Waals surface area contributed by atoms with Crippen LogP contribution in [0.4, 0.5) is 16.2 Å². The molecule has 0 radical (unpaired) electrons. The molecule has 8 nitrogen and oxygen atoms in total. The molecule has 0 aliphatic carbocycles. The van der Waals surface area contributed by atoms with Crippen molar-refractivity contribution in [1.29, 1.82) is 0 Å². The molecule has 1 fully saturated rings. The largest absolute Gasteiger partial charge is 0.493 e. The zero-order valence-electron chi connectivity index (χ0n) is 18.6. The van der Waals surface area contributed by atoms with Crippen LogP contribution in [0.2, 0.25) is 0 Å². The predicted molar refractivity (Wildman–Crippen MR) is 122 cm³/mol. The van der Waals surface area contributed by atoms with Crippen LogP contribution in [0, 0.1) is 0 Å². The number of carbonyl (C=O) groups is 3. The lowest BCUT2D eigenvalue weighted by atomic mass is 9.84. The lowest BCUT2D eigenvalue weighted by Crippen LogP contribution is -2.48. The Morgan fingerprint density at radius 2 is 1.91 bits per heavy atom. The minimum atomic E-state index is -1.19. The summed E-state index contributed by atoms with van der Waals surface area (Å²) in [6, 6.07) is 14.5. The van der Waals surface area contributed by atoms with Crippen LogP contribution in [0.3, 0.4) is 0 Å². The third-order valence-electron chi connectivity index (χ3n) is 6.01. The van der Waals surface area contributed by atoms with Crippen molar-refractivity contribution in [2.75, 3.05) is 29.9 Å². The van der Waals surface area contributed by atoms with Crippen LogP contribution in [0.5, 0.6) is 5.75 Å². The van der Waals surface area contributed by atoms with E-state index in [4.69, 9.17) is 4.74 Å². The normalized spacial score (nSPS) is 19.6. The fraction of sp³-hybridized carbons (Fsp3) is 0.375. The first-order valence-electron chi connectivity index (χ1n) is 10.9. The molecule has 2 aromatic rings. The molecular formula is C24H28N4O4. The molecular weight excluding hydrogens is 408 g/mol. The molecule has 0 saturated carbocycles. The van der Waals surface area contributed by atoms with E-state index in [0.717, 1.165) is 17.1 Å². The Labute approximate surface area is 187 Å². The third kappa shape index (κ3) is 3.77. The number of urea groups is 1. The molecule has 0 unspecified atom stereocenters. The molecule has 1 atom stereocenters. The second kappa shape index (κ2) is 8.53. The molecule has 0 bridgehead atoms. The van der Waals surface area contributed by atoms with Gasteiger partial charge in [0.2, 0.25) is 5.91 Å². The number of fused-ring (bicyclic) bond motifs is 2. The Morgan fingerprint density at radius 3 is 2.59 bits per heavy atom. The molecule has 2 aromatic carbocycles. The van der Waals surface area contributed by atoms with Crippen molar-refractivity contribution in [2.24, 2.45) is 0 Å². The number of carbonyl (C=O) groups excluding carboxylic acids is 3. The first kappa shape index (κ1) is 21.7. The first-order chi connectivity index (χ1) is 15.4. The van der Waals surface area contributed by atoms with Crippen LogP contribution < -0.4 is 20.3 Å². The van der Waals surface area contributed by atoms with Crippen LogP contribution in [-0.2, 0) is 15.1 Å². The van der Waals surface area contributed by atoms with Gasteiger partial charge >= 0.3 is 6.03 Å². The molecule has 8 heteroatoms. The Morgan fingerprint density at radius 1 is 1.19 bits per heavy atom. The van der Waals surface area contributed by atoms with E-state index >= 15 is 0 Å². The van der Waals surface area contributed by atoms with E-state index in [1.807, 2.05) is 30.3 Å². The van der Waals surface area contributed by atoms with E-state index in [-0.39, 0.29) is 6.54 Å². The summed E-state index contributed by atoms with van der Waals surface area (Å²) in [5, 5.41) is 5.58. The van der Waals surface area contributed by atoms with Crippen molar-refractivity contribution in [3.05, 3.63) is 54.1 Å². The van der Waals surface area contributed by atoms with Crippen LogP contribution in [0.25, 0.3) is 0 Å². The summed E-state index contributed by atoms with van der Waals surface area (Å²) in [5.74, 6) is -0.296. The number of benzene rings is 2. The Hall–Kier alpha value is -3.55. The maximum absolute atomic E-state index is 13.3. The fourth-order valence-electron chi connectivity index (χ4n) is 4.44. The molecule has 32 heavy (non-hydrogen) atoms. The average molecular weight is 437 g/mol. The predicted octanol–water partition coefficient (Wildman–Crippen LogP) is 3.09. The monoisotopic (exact) mass is 436 g/mol. The molecule has 0 aromatic heterocycles. The Bertz CT molecular complexity index is 1040. The number of imide groups is 1. The van der Waals surface area contributed by atoms with Crippen LogP contribution >= 0.6 is 0 Å². The summed E-state index contributed by atoms with van der Waals surface area (Å²) in [4.78, 5) is 41.8. The van der Waals surface area contributed by atoms with Gasteiger partial charge < -0.3 is 20.3 Å². The highest BCUT2D eigenvalue weighted by molar-refractivity contribution is 6.10. The van der Waals surface area contributed by atoms with Gasteiger partial charge in [-0.2, -0.15) is 0 Å². The van der Waals surface area contributed by atoms with E-state index < -0.39 is 23.4 Å². The lowest BCUT2D eigenvalue weighted by Gasteiger charge is -2.33. The van der Waals surface area contributed by atoms with Gasteiger partial charge in [-0.1, -0.05) is 18.2 Å². The fourth-order valence-corrected chi connectivity index (χ4v) is 4.44. The molecule has 4 amide bonds. The summed E-state index contributed by atoms with van der Waals surface area (Å²) in [7, 11) is 0. The van der Waals surface area contributed by atoms with Crippen molar-refractivity contribution in [3.8, 4) is 5.75 Å². The van der Waals surface area contributed by atoms with Crippen molar-refractivity contribution >= 4 is 29.2 Å². The van der Waals surface area contributed by atoms with Crippen molar-refractivity contribution < 1.29 is 19.1 Å². The summed E-state index contributed by atoms with van der Waals surface area (Å²) in [5.41, 5.74) is 1.11. The molecule has 2 aliphatic heterocycles. The van der Waals surface area contributed by atoms with E-state index in [9.17, 15) is 14.4 Å². The second-order valence-corrected chi connectivity index (χ2v) is 8.30. The molecule has 2 heterocycles. The smallest absolute Gasteiger partial charge is 0.325 e. The van der Waals surface area contributed by atoms with Gasteiger partial charge in [0.1, 0.15) is 12.3 Å². The minimum absolute atomic E-state index is 0.306.